The van der Waals surface area contributed by atoms with Crippen LogP contribution in [0.25, 0.3) is 0 Å². The number of carboxylic acids is 2. The van der Waals surface area contributed by atoms with Gasteiger partial charge in [-0.15, -0.1) is 0 Å². The van der Waals surface area contributed by atoms with Crippen molar-refractivity contribution in [3.63, 3.8) is 0 Å². The topological polar surface area (TPSA) is 74.6 Å². The maximum absolute atomic E-state index is 10.3. The van der Waals surface area contributed by atoms with Crippen molar-refractivity contribution in [3.8, 4) is 0 Å². The summed E-state index contributed by atoms with van der Waals surface area (Å²) in [5.74, 6) is -1.88. The zero-order valence-electron chi connectivity index (χ0n) is 9.41. The van der Waals surface area contributed by atoms with E-state index in [2.05, 4.69) is 13.2 Å². The molecule has 0 aromatic carbocycles. The van der Waals surface area contributed by atoms with Crippen LogP contribution in [0.5, 0.6) is 0 Å². The molecule has 0 aromatic heterocycles. The van der Waals surface area contributed by atoms with Gasteiger partial charge in [0.15, 0.2) is 0 Å². The van der Waals surface area contributed by atoms with Crippen LogP contribution >= 0.6 is 0 Å². The van der Waals surface area contributed by atoms with Crippen molar-refractivity contribution in [2.45, 2.75) is 27.2 Å². The molecule has 0 heterocycles. The Balaban J connectivity index is 0. The Morgan fingerprint density at radius 3 is 1.67 bits per heavy atom. The second kappa shape index (κ2) is 6.81. The highest BCUT2D eigenvalue weighted by Crippen LogP contribution is 2.22. The average molecular weight is 214 g/mol. The van der Waals surface area contributed by atoms with Gasteiger partial charge in [-0.2, -0.15) is 0 Å². The quantitative estimate of drug-likeness (QED) is 0.707. The van der Waals surface area contributed by atoms with Crippen LogP contribution < -0.4 is 0 Å². The summed E-state index contributed by atoms with van der Waals surface area (Å²) in [5.41, 5.74) is 0.308. The van der Waals surface area contributed by atoms with Crippen molar-refractivity contribution < 1.29 is 19.8 Å². The zero-order valence-corrected chi connectivity index (χ0v) is 9.41. The van der Waals surface area contributed by atoms with Gasteiger partial charge in [0.1, 0.15) is 0 Å². The fourth-order valence-electron chi connectivity index (χ4n) is 0.716. The highest BCUT2D eigenvalue weighted by Gasteiger charge is 2.15. The van der Waals surface area contributed by atoms with Crippen LogP contribution in [0.3, 0.4) is 0 Å². The first kappa shape index (κ1) is 15.9. The monoisotopic (exact) mass is 214 g/mol. The third kappa shape index (κ3) is 15.2. The molecule has 86 valence electrons. The van der Waals surface area contributed by atoms with E-state index >= 15 is 0 Å². The average Bonchev–Trinajstić information content (AvgIpc) is 2.02. The Morgan fingerprint density at radius 1 is 1.27 bits per heavy atom. The second-order valence-corrected chi connectivity index (χ2v) is 4.19. The van der Waals surface area contributed by atoms with Crippen molar-refractivity contribution in [3.05, 3.63) is 24.8 Å². The molecule has 0 fully saturated rings. The van der Waals surface area contributed by atoms with Gasteiger partial charge in [-0.3, -0.25) is 0 Å². The molecular weight excluding hydrogens is 196 g/mol. The summed E-state index contributed by atoms with van der Waals surface area (Å²) < 4.78 is 0. The number of aliphatic carboxylic acids is 2. The smallest absolute Gasteiger partial charge is 0.330 e. The first-order valence-electron chi connectivity index (χ1n) is 4.36. The van der Waals surface area contributed by atoms with Gasteiger partial charge in [-0.25, -0.2) is 9.59 Å². The van der Waals surface area contributed by atoms with Gasteiger partial charge in [0, 0.05) is 11.6 Å². The lowest BCUT2D eigenvalue weighted by atomic mass is 9.88. The summed E-state index contributed by atoms with van der Waals surface area (Å²) in [4.78, 5) is 19.5. The summed E-state index contributed by atoms with van der Waals surface area (Å²) >= 11 is 0. The Labute approximate surface area is 89.9 Å². The van der Waals surface area contributed by atoms with Crippen molar-refractivity contribution in [2.75, 3.05) is 0 Å². The zero-order chi connectivity index (χ0) is 12.6. The molecule has 0 bridgehead atoms. The highest BCUT2D eigenvalue weighted by molar-refractivity contribution is 5.85. The SMILES string of the molecule is C=C(CC(C)(C)C)C(=O)O.C=CC(=O)O. The number of carboxylic acid groups (broad SMARTS) is 2. The minimum atomic E-state index is -0.981. The molecule has 0 aliphatic rings. The molecule has 0 atom stereocenters. The fraction of sp³-hybridized carbons (Fsp3) is 0.455. The van der Waals surface area contributed by atoms with E-state index in [-0.39, 0.29) is 11.0 Å². The molecule has 0 aromatic rings. The third-order valence-electron chi connectivity index (χ3n) is 1.22. The molecule has 0 spiro atoms. The Kier molecular flexibility index (Phi) is 7.21. The predicted octanol–water partition coefficient (Wildman–Crippen LogP) is 2.32. The summed E-state index contributed by atoms with van der Waals surface area (Å²) in [5, 5.41) is 16.0. The van der Waals surface area contributed by atoms with Crippen LogP contribution in [0.4, 0.5) is 0 Å². The Morgan fingerprint density at radius 2 is 1.60 bits per heavy atom. The van der Waals surface area contributed by atoms with E-state index in [0.29, 0.717) is 6.42 Å². The van der Waals surface area contributed by atoms with Gasteiger partial charge in [-0.05, 0) is 11.8 Å². The standard InChI is InChI=1S/C8H14O2.C3H4O2/c1-6(7(9)10)5-8(2,3)4;1-2-3(4)5/h1,5H2,2-4H3,(H,9,10);2H,1H2,(H,4,5). The van der Waals surface area contributed by atoms with Crippen molar-refractivity contribution in [1.82, 2.24) is 0 Å². The van der Waals surface area contributed by atoms with Crippen LogP contribution in [0.2, 0.25) is 0 Å². The molecule has 2 N–H and O–H groups in total. The van der Waals surface area contributed by atoms with Crippen LogP contribution in [-0.4, -0.2) is 22.2 Å². The largest absolute Gasteiger partial charge is 0.478 e. The molecule has 0 saturated heterocycles. The van der Waals surface area contributed by atoms with Gasteiger partial charge in [0.05, 0.1) is 0 Å². The Hall–Kier alpha value is -1.58. The van der Waals surface area contributed by atoms with Gasteiger partial charge >= 0.3 is 11.9 Å². The van der Waals surface area contributed by atoms with Gasteiger partial charge in [0.25, 0.3) is 0 Å². The first-order chi connectivity index (χ1) is 6.60. The maximum Gasteiger partial charge on any atom is 0.330 e. The van der Waals surface area contributed by atoms with E-state index in [0.717, 1.165) is 6.08 Å². The van der Waals surface area contributed by atoms with Crippen molar-refractivity contribution in [1.29, 1.82) is 0 Å². The lowest BCUT2D eigenvalue weighted by Crippen LogP contribution is -2.10. The lowest BCUT2D eigenvalue weighted by Gasteiger charge is -2.17. The van der Waals surface area contributed by atoms with E-state index < -0.39 is 11.9 Å². The summed E-state index contributed by atoms with van der Waals surface area (Å²) in [6, 6.07) is 0. The normalized spacial score (nSPS) is 9.53. The summed E-state index contributed by atoms with van der Waals surface area (Å²) in [7, 11) is 0. The highest BCUT2D eigenvalue weighted by atomic mass is 16.4. The van der Waals surface area contributed by atoms with E-state index in [4.69, 9.17) is 10.2 Å². The first-order valence-corrected chi connectivity index (χ1v) is 4.36. The summed E-state index contributed by atoms with van der Waals surface area (Å²) in [6.07, 6.45) is 1.38. The number of hydrogen-bond donors (Lipinski definition) is 2. The molecule has 0 unspecified atom stereocenters. The van der Waals surface area contributed by atoms with E-state index in [1.165, 1.54) is 0 Å². The molecule has 4 heteroatoms. The maximum atomic E-state index is 10.3. The fourth-order valence-corrected chi connectivity index (χ4v) is 0.716. The van der Waals surface area contributed by atoms with Crippen LogP contribution in [0, 0.1) is 5.41 Å². The minimum absolute atomic E-state index is 0.0233. The number of hydrogen-bond acceptors (Lipinski definition) is 2. The molecule has 0 aliphatic heterocycles. The van der Waals surface area contributed by atoms with E-state index in [1.54, 1.807) is 0 Å². The van der Waals surface area contributed by atoms with Crippen LogP contribution in [-0.2, 0) is 9.59 Å². The molecule has 0 radical (unpaired) electrons. The molecule has 4 nitrogen and oxygen atoms in total. The predicted molar refractivity (Wildman–Crippen MR) is 58.7 cm³/mol. The Bertz CT molecular complexity index is 258. The van der Waals surface area contributed by atoms with Crippen molar-refractivity contribution in [2.24, 2.45) is 5.41 Å². The number of carbonyl (C=O) groups is 2. The van der Waals surface area contributed by atoms with Crippen LogP contribution in [0.1, 0.15) is 27.2 Å². The van der Waals surface area contributed by atoms with Gasteiger partial charge in [0.2, 0.25) is 0 Å². The molecule has 0 amide bonds. The molecule has 0 rings (SSSR count). The van der Waals surface area contributed by atoms with Gasteiger partial charge < -0.3 is 10.2 Å². The molecule has 0 aliphatic carbocycles. The van der Waals surface area contributed by atoms with Crippen LogP contribution in [0.15, 0.2) is 24.8 Å². The number of rotatable bonds is 3. The van der Waals surface area contributed by atoms with E-state index in [9.17, 15) is 9.59 Å². The molecular formula is C11H18O4. The van der Waals surface area contributed by atoms with Gasteiger partial charge in [-0.1, -0.05) is 33.9 Å². The minimum Gasteiger partial charge on any atom is -0.478 e. The van der Waals surface area contributed by atoms with Crippen molar-refractivity contribution >= 4 is 11.9 Å². The third-order valence-corrected chi connectivity index (χ3v) is 1.22. The summed E-state index contributed by atoms with van der Waals surface area (Å²) in [6.45, 7) is 12.4. The second-order valence-electron chi connectivity index (χ2n) is 4.19. The molecule has 15 heavy (non-hydrogen) atoms. The molecule has 0 saturated carbocycles. The lowest BCUT2D eigenvalue weighted by molar-refractivity contribution is -0.133. The van der Waals surface area contributed by atoms with E-state index in [1.807, 2.05) is 20.8 Å².